The lowest BCUT2D eigenvalue weighted by Gasteiger charge is -2.16. The summed E-state index contributed by atoms with van der Waals surface area (Å²) in [5, 5.41) is 2.95. The maximum atomic E-state index is 13.1. The molecule has 0 amide bonds. The molecule has 2 aromatic rings. The lowest BCUT2D eigenvalue weighted by atomic mass is 10.1. The Morgan fingerprint density at radius 3 is 2.14 bits per heavy atom. The van der Waals surface area contributed by atoms with Crippen LogP contribution in [0, 0.1) is 17.5 Å². The molecule has 0 heterocycles. The fourth-order valence-corrected chi connectivity index (χ4v) is 2.09. The van der Waals surface area contributed by atoms with E-state index in [9.17, 15) is 13.2 Å². The van der Waals surface area contributed by atoms with Gasteiger partial charge in [0.15, 0.2) is 17.5 Å². The first-order chi connectivity index (χ1) is 9.99. The molecule has 0 radical (unpaired) electrons. The van der Waals surface area contributed by atoms with Crippen molar-refractivity contribution in [2.24, 2.45) is 0 Å². The van der Waals surface area contributed by atoms with Gasteiger partial charge in [-0.1, -0.05) is 12.1 Å². The van der Waals surface area contributed by atoms with Gasteiger partial charge < -0.3 is 10.1 Å². The van der Waals surface area contributed by atoms with E-state index >= 15 is 0 Å². The summed E-state index contributed by atoms with van der Waals surface area (Å²) >= 11 is 0. The van der Waals surface area contributed by atoms with Crippen LogP contribution in [-0.2, 0) is 6.42 Å². The van der Waals surface area contributed by atoms with E-state index in [2.05, 4.69) is 5.32 Å². The Balaban J connectivity index is 2.02. The lowest BCUT2D eigenvalue weighted by molar-refractivity contribution is 0.414. The highest BCUT2D eigenvalue weighted by atomic mass is 19.2. The Hall–Kier alpha value is -2.17. The standard InChI is InChI=1S/C16H16F3NO/c1-10(7-11-3-5-13(21-2)6-4-11)20-12-8-14(17)16(19)15(18)9-12/h3-6,8-10,20H,7H2,1-2H3. The maximum Gasteiger partial charge on any atom is 0.194 e. The van der Waals surface area contributed by atoms with Crippen molar-refractivity contribution in [1.29, 1.82) is 0 Å². The van der Waals surface area contributed by atoms with Crippen LogP contribution in [0.15, 0.2) is 36.4 Å². The van der Waals surface area contributed by atoms with Gasteiger partial charge in [0.2, 0.25) is 0 Å². The third-order valence-electron chi connectivity index (χ3n) is 3.10. The number of hydrogen-bond acceptors (Lipinski definition) is 2. The van der Waals surface area contributed by atoms with Gasteiger partial charge >= 0.3 is 0 Å². The summed E-state index contributed by atoms with van der Waals surface area (Å²) in [6, 6.07) is 9.36. The van der Waals surface area contributed by atoms with Gasteiger partial charge in [0.25, 0.3) is 0 Å². The Labute approximate surface area is 121 Å². The first-order valence-corrected chi connectivity index (χ1v) is 6.53. The average molecular weight is 295 g/mol. The molecule has 5 heteroatoms. The first-order valence-electron chi connectivity index (χ1n) is 6.53. The molecule has 0 aliphatic carbocycles. The van der Waals surface area contributed by atoms with E-state index in [0.29, 0.717) is 6.42 Å². The second kappa shape index (κ2) is 6.52. The van der Waals surface area contributed by atoms with E-state index in [0.717, 1.165) is 23.4 Å². The topological polar surface area (TPSA) is 21.3 Å². The summed E-state index contributed by atoms with van der Waals surface area (Å²) in [6.07, 6.45) is 0.657. The summed E-state index contributed by atoms with van der Waals surface area (Å²) in [6.45, 7) is 1.88. The summed E-state index contributed by atoms with van der Waals surface area (Å²) in [5.74, 6) is -3.09. The number of rotatable bonds is 5. The number of anilines is 1. The lowest BCUT2D eigenvalue weighted by Crippen LogP contribution is -2.18. The molecule has 0 aliphatic heterocycles. The van der Waals surface area contributed by atoms with Crippen molar-refractivity contribution in [3.8, 4) is 5.75 Å². The summed E-state index contributed by atoms with van der Waals surface area (Å²) in [4.78, 5) is 0. The van der Waals surface area contributed by atoms with Gasteiger partial charge in [-0.05, 0) is 31.0 Å². The highest BCUT2D eigenvalue weighted by Gasteiger charge is 2.12. The van der Waals surface area contributed by atoms with E-state index in [4.69, 9.17) is 4.74 Å². The number of halogens is 3. The van der Waals surface area contributed by atoms with Gasteiger partial charge in [0.05, 0.1) is 7.11 Å². The van der Waals surface area contributed by atoms with E-state index in [1.54, 1.807) is 7.11 Å². The molecular weight excluding hydrogens is 279 g/mol. The molecule has 21 heavy (non-hydrogen) atoms. The normalized spacial score (nSPS) is 12.0. The van der Waals surface area contributed by atoms with Crippen LogP contribution in [0.25, 0.3) is 0 Å². The molecule has 0 aromatic heterocycles. The predicted octanol–water partition coefficient (Wildman–Crippen LogP) is 4.16. The number of benzene rings is 2. The van der Waals surface area contributed by atoms with Crippen LogP contribution in [0.3, 0.4) is 0 Å². The first kappa shape index (κ1) is 15.2. The minimum Gasteiger partial charge on any atom is -0.497 e. The molecule has 2 aromatic carbocycles. The zero-order valence-electron chi connectivity index (χ0n) is 11.8. The van der Waals surface area contributed by atoms with Crippen molar-refractivity contribution >= 4 is 5.69 Å². The van der Waals surface area contributed by atoms with Gasteiger partial charge in [-0.2, -0.15) is 0 Å². The highest BCUT2D eigenvalue weighted by Crippen LogP contribution is 2.19. The number of hydrogen-bond donors (Lipinski definition) is 1. The molecule has 0 bridgehead atoms. The van der Waals surface area contributed by atoms with Crippen LogP contribution in [-0.4, -0.2) is 13.2 Å². The number of methoxy groups -OCH3 is 1. The average Bonchev–Trinajstić information content (AvgIpc) is 2.45. The maximum absolute atomic E-state index is 13.1. The van der Waals surface area contributed by atoms with Crippen molar-refractivity contribution in [2.45, 2.75) is 19.4 Å². The second-order valence-corrected chi connectivity index (χ2v) is 4.85. The molecule has 0 aliphatic rings. The van der Waals surface area contributed by atoms with Crippen LogP contribution in [0.5, 0.6) is 5.75 Å². The largest absolute Gasteiger partial charge is 0.497 e. The van der Waals surface area contributed by atoms with E-state index < -0.39 is 17.5 Å². The van der Waals surface area contributed by atoms with Crippen LogP contribution < -0.4 is 10.1 Å². The number of nitrogens with one attached hydrogen (secondary N) is 1. The Morgan fingerprint density at radius 1 is 1.05 bits per heavy atom. The summed E-state index contributed by atoms with van der Waals surface area (Å²) < 4.78 is 44.2. The molecule has 0 saturated heterocycles. The molecule has 0 saturated carbocycles. The minimum atomic E-state index is -1.46. The Bertz CT molecular complexity index is 590. The SMILES string of the molecule is COc1ccc(CC(C)Nc2cc(F)c(F)c(F)c2)cc1. The quantitative estimate of drug-likeness (QED) is 0.836. The van der Waals surface area contributed by atoms with Gasteiger partial charge in [-0.3, -0.25) is 0 Å². The monoisotopic (exact) mass is 295 g/mol. The second-order valence-electron chi connectivity index (χ2n) is 4.85. The highest BCUT2D eigenvalue weighted by molar-refractivity contribution is 5.45. The zero-order valence-corrected chi connectivity index (χ0v) is 11.8. The van der Waals surface area contributed by atoms with Crippen LogP contribution >= 0.6 is 0 Å². The third-order valence-corrected chi connectivity index (χ3v) is 3.10. The van der Waals surface area contributed by atoms with Crippen molar-refractivity contribution in [2.75, 3.05) is 12.4 Å². The van der Waals surface area contributed by atoms with Crippen LogP contribution in [0.4, 0.5) is 18.9 Å². The zero-order chi connectivity index (χ0) is 15.4. The fraction of sp³-hybridized carbons (Fsp3) is 0.250. The summed E-state index contributed by atoms with van der Waals surface area (Å²) in [5.41, 5.74) is 1.27. The molecule has 2 nitrogen and oxygen atoms in total. The smallest absolute Gasteiger partial charge is 0.194 e. The molecule has 0 spiro atoms. The van der Waals surface area contributed by atoms with Crippen molar-refractivity contribution in [1.82, 2.24) is 0 Å². The van der Waals surface area contributed by atoms with Gasteiger partial charge in [0, 0.05) is 23.9 Å². The molecule has 0 fully saturated rings. The molecule has 1 unspecified atom stereocenters. The molecule has 2 rings (SSSR count). The van der Waals surface area contributed by atoms with Gasteiger partial charge in [-0.15, -0.1) is 0 Å². The van der Waals surface area contributed by atoms with Gasteiger partial charge in [-0.25, -0.2) is 13.2 Å². The summed E-state index contributed by atoms with van der Waals surface area (Å²) in [7, 11) is 1.59. The minimum absolute atomic E-state index is 0.0670. The van der Waals surface area contributed by atoms with Crippen molar-refractivity contribution in [3.05, 3.63) is 59.4 Å². The molecule has 112 valence electrons. The van der Waals surface area contributed by atoms with E-state index in [1.807, 2.05) is 31.2 Å². The third kappa shape index (κ3) is 3.90. The van der Waals surface area contributed by atoms with Gasteiger partial charge in [0.1, 0.15) is 5.75 Å². The van der Waals surface area contributed by atoms with Crippen LogP contribution in [0.2, 0.25) is 0 Å². The van der Waals surface area contributed by atoms with Crippen LogP contribution in [0.1, 0.15) is 12.5 Å². The van der Waals surface area contributed by atoms with Crippen molar-refractivity contribution in [3.63, 3.8) is 0 Å². The molecular formula is C16H16F3NO. The Morgan fingerprint density at radius 2 is 1.62 bits per heavy atom. The van der Waals surface area contributed by atoms with E-state index in [1.165, 1.54) is 0 Å². The van der Waals surface area contributed by atoms with E-state index in [-0.39, 0.29) is 11.7 Å². The molecule has 1 N–H and O–H groups in total. The fourth-order valence-electron chi connectivity index (χ4n) is 2.09. The predicted molar refractivity (Wildman–Crippen MR) is 76.1 cm³/mol. The van der Waals surface area contributed by atoms with Crippen molar-refractivity contribution < 1.29 is 17.9 Å². The molecule has 1 atom stereocenters. The Kier molecular flexibility index (Phi) is 4.73. The number of ether oxygens (including phenoxy) is 1.